The molecule has 1 aromatic carbocycles. The lowest BCUT2D eigenvalue weighted by Crippen LogP contribution is -2.41. The van der Waals surface area contributed by atoms with Gasteiger partial charge in [-0.2, -0.15) is 0 Å². The van der Waals surface area contributed by atoms with Crippen molar-refractivity contribution in [3.8, 4) is 5.75 Å². The molecule has 0 aromatic heterocycles. The predicted octanol–water partition coefficient (Wildman–Crippen LogP) is 2.53. The Morgan fingerprint density at radius 1 is 1.33 bits per heavy atom. The van der Waals surface area contributed by atoms with Crippen LogP contribution in [0.3, 0.4) is 0 Å². The monoisotopic (exact) mass is 414 g/mol. The van der Waals surface area contributed by atoms with Gasteiger partial charge in [0.15, 0.2) is 16.4 Å². The number of rotatable bonds is 5. The second-order valence-electron chi connectivity index (χ2n) is 7.12. The minimum atomic E-state index is -3.77. The largest absolute Gasteiger partial charge is 0.482 e. The number of benzene rings is 1. The number of nitrogens with one attached hydrogen (secondary N) is 2. The van der Waals surface area contributed by atoms with Crippen molar-refractivity contribution in [2.24, 2.45) is 5.92 Å². The summed E-state index contributed by atoms with van der Waals surface area (Å²) in [5.74, 6) is -0.289. The standard InChI is InChI=1S/C18H23ClN2O5S/c1-11-4-2-3-5-13(11)20-17(22)6-7-27(24,25)16-9-15-14(8-12(16)19)21-18(23)10-26-15/h8-9,11,13H,2-7,10H2,1H3,(H,20,22)(H,21,23)/t11-,13-/m1/s1. The Labute approximate surface area is 163 Å². The van der Waals surface area contributed by atoms with Crippen LogP contribution in [0.15, 0.2) is 17.0 Å². The van der Waals surface area contributed by atoms with E-state index >= 15 is 0 Å². The molecule has 1 aliphatic carbocycles. The molecule has 0 saturated heterocycles. The summed E-state index contributed by atoms with van der Waals surface area (Å²) in [6, 6.07) is 2.76. The first-order chi connectivity index (χ1) is 12.8. The summed E-state index contributed by atoms with van der Waals surface area (Å²) in [5, 5.41) is 5.51. The molecule has 9 heteroatoms. The van der Waals surface area contributed by atoms with E-state index in [9.17, 15) is 18.0 Å². The molecule has 1 heterocycles. The van der Waals surface area contributed by atoms with E-state index in [0.29, 0.717) is 11.6 Å². The number of carbonyl (C=O) groups is 2. The van der Waals surface area contributed by atoms with Crippen LogP contribution in [0.2, 0.25) is 5.02 Å². The molecule has 1 fully saturated rings. The highest BCUT2D eigenvalue weighted by Gasteiger charge is 2.27. The molecule has 0 unspecified atom stereocenters. The van der Waals surface area contributed by atoms with Crippen molar-refractivity contribution in [1.82, 2.24) is 5.32 Å². The fraction of sp³-hybridized carbons (Fsp3) is 0.556. The Morgan fingerprint density at radius 2 is 2.07 bits per heavy atom. The maximum Gasteiger partial charge on any atom is 0.262 e. The highest BCUT2D eigenvalue weighted by atomic mass is 35.5. The lowest BCUT2D eigenvalue weighted by atomic mass is 9.86. The molecular formula is C18H23ClN2O5S. The number of ether oxygens (including phenoxy) is 1. The van der Waals surface area contributed by atoms with Crippen molar-refractivity contribution < 1.29 is 22.7 Å². The molecule has 1 aromatic rings. The molecule has 148 valence electrons. The first-order valence-corrected chi connectivity index (χ1v) is 11.1. The van der Waals surface area contributed by atoms with E-state index in [1.165, 1.54) is 18.6 Å². The summed E-state index contributed by atoms with van der Waals surface area (Å²) in [6.45, 7) is 1.92. The van der Waals surface area contributed by atoms with Crippen molar-refractivity contribution >= 4 is 38.9 Å². The van der Waals surface area contributed by atoms with Crippen LogP contribution in [0.1, 0.15) is 39.0 Å². The molecule has 1 saturated carbocycles. The molecule has 7 nitrogen and oxygen atoms in total. The van der Waals surface area contributed by atoms with E-state index in [2.05, 4.69) is 17.6 Å². The van der Waals surface area contributed by atoms with Gasteiger partial charge in [-0.05, 0) is 24.8 Å². The van der Waals surface area contributed by atoms with Crippen LogP contribution in [-0.4, -0.2) is 38.6 Å². The third kappa shape index (κ3) is 4.73. The van der Waals surface area contributed by atoms with Gasteiger partial charge in [-0.3, -0.25) is 9.59 Å². The maximum absolute atomic E-state index is 12.7. The second kappa shape index (κ2) is 8.06. The Hall–Kier alpha value is -1.80. The number of anilines is 1. The number of halogens is 1. The molecule has 2 amide bonds. The van der Waals surface area contributed by atoms with Crippen LogP contribution in [0.5, 0.6) is 5.75 Å². The Bertz CT molecular complexity index is 856. The zero-order chi connectivity index (χ0) is 19.6. The van der Waals surface area contributed by atoms with Gasteiger partial charge in [-0.1, -0.05) is 31.4 Å². The number of amides is 2. The fourth-order valence-corrected chi connectivity index (χ4v) is 5.30. The summed E-state index contributed by atoms with van der Waals surface area (Å²) >= 11 is 6.10. The van der Waals surface area contributed by atoms with Gasteiger partial charge in [0.1, 0.15) is 5.75 Å². The van der Waals surface area contributed by atoms with Gasteiger partial charge >= 0.3 is 0 Å². The van der Waals surface area contributed by atoms with E-state index in [-0.39, 0.29) is 52.3 Å². The van der Waals surface area contributed by atoms with Crippen LogP contribution >= 0.6 is 11.6 Å². The summed E-state index contributed by atoms with van der Waals surface area (Å²) in [6.07, 6.45) is 4.12. The molecular weight excluding hydrogens is 392 g/mol. The number of fused-ring (bicyclic) bond motifs is 1. The van der Waals surface area contributed by atoms with E-state index in [0.717, 1.165) is 19.3 Å². The average molecular weight is 415 g/mol. The zero-order valence-electron chi connectivity index (χ0n) is 15.1. The highest BCUT2D eigenvalue weighted by molar-refractivity contribution is 7.91. The first kappa shape index (κ1) is 19.9. The molecule has 0 spiro atoms. The molecule has 2 atom stereocenters. The summed E-state index contributed by atoms with van der Waals surface area (Å²) in [5.41, 5.74) is 0.333. The van der Waals surface area contributed by atoms with Crippen LogP contribution in [-0.2, 0) is 19.4 Å². The number of hydrogen-bond acceptors (Lipinski definition) is 5. The maximum atomic E-state index is 12.7. The third-order valence-corrected chi connectivity index (χ3v) is 7.23. The summed E-state index contributed by atoms with van der Waals surface area (Å²) in [7, 11) is -3.77. The molecule has 0 radical (unpaired) electrons. The number of hydrogen-bond donors (Lipinski definition) is 2. The van der Waals surface area contributed by atoms with Crippen molar-refractivity contribution in [3.63, 3.8) is 0 Å². The number of sulfone groups is 1. The van der Waals surface area contributed by atoms with E-state index in [1.807, 2.05) is 0 Å². The topological polar surface area (TPSA) is 102 Å². The van der Waals surface area contributed by atoms with Crippen LogP contribution in [0.25, 0.3) is 0 Å². The second-order valence-corrected chi connectivity index (χ2v) is 9.61. The molecule has 2 aliphatic rings. The fourth-order valence-electron chi connectivity index (χ4n) is 3.47. The third-order valence-electron chi connectivity index (χ3n) is 5.06. The summed E-state index contributed by atoms with van der Waals surface area (Å²) < 4.78 is 30.6. The van der Waals surface area contributed by atoms with Gasteiger partial charge < -0.3 is 15.4 Å². The summed E-state index contributed by atoms with van der Waals surface area (Å²) in [4.78, 5) is 23.4. The smallest absolute Gasteiger partial charge is 0.262 e. The van der Waals surface area contributed by atoms with Crippen LogP contribution in [0.4, 0.5) is 5.69 Å². The van der Waals surface area contributed by atoms with Crippen molar-refractivity contribution in [2.45, 2.75) is 50.0 Å². The molecule has 1 aliphatic heterocycles. The number of carbonyl (C=O) groups excluding carboxylic acids is 2. The lowest BCUT2D eigenvalue weighted by Gasteiger charge is -2.29. The van der Waals surface area contributed by atoms with Crippen LogP contribution in [0, 0.1) is 5.92 Å². The Balaban J connectivity index is 1.66. The van der Waals surface area contributed by atoms with Crippen molar-refractivity contribution in [2.75, 3.05) is 17.7 Å². The van der Waals surface area contributed by atoms with Crippen LogP contribution < -0.4 is 15.4 Å². The quantitative estimate of drug-likeness (QED) is 0.770. The zero-order valence-corrected chi connectivity index (χ0v) is 16.7. The van der Waals surface area contributed by atoms with Gasteiger partial charge in [0, 0.05) is 18.5 Å². The van der Waals surface area contributed by atoms with Gasteiger partial charge in [-0.15, -0.1) is 0 Å². The van der Waals surface area contributed by atoms with E-state index in [4.69, 9.17) is 16.3 Å². The highest BCUT2D eigenvalue weighted by Crippen LogP contribution is 2.36. The van der Waals surface area contributed by atoms with Crippen molar-refractivity contribution in [1.29, 1.82) is 0 Å². The minimum Gasteiger partial charge on any atom is -0.482 e. The first-order valence-electron chi connectivity index (χ1n) is 9.04. The molecule has 3 rings (SSSR count). The van der Waals surface area contributed by atoms with Gasteiger partial charge in [0.05, 0.1) is 21.4 Å². The lowest BCUT2D eigenvalue weighted by molar-refractivity contribution is -0.122. The predicted molar refractivity (Wildman–Crippen MR) is 102 cm³/mol. The van der Waals surface area contributed by atoms with E-state index in [1.54, 1.807) is 0 Å². The van der Waals surface area contributed by atoms with Gasteiger partial charge in [-0.25, -0.2) is 8.42 Å². The van der Waals surface area contributed by atoms with Gasteiger partial charge in [0.25, 0.3) is 5.91 Å². The van der Waals surface area contributed by atoms with E-state index < -0.39 is 9.84 Å². The molecule has 0 bridgehead atoms. The van der Waals surface area contributed by atoms with Crippen molar-refractivity contribution in [3.05, 3.63) is 17.2 Å². The average Bonchev–Trinajstić information content (AvgIpc) is 2.61. The Morgan fingerprint density at radius 3 is 2.81 bits per heavy atom. The normalized spacial score (nSPS) is 22.4. The molecule has 27 heavy (non-hydrogen) atoms. The van der Waals surface area contributed by atoms with Gasteiger partial charge in [0.2, 0.25) is 5.91 Å². The minimum absolute atomic E-state index is 0.0131. The Kier molecular flexibility index (Phi) is 5.95. The SMILES string of the molecule is C[C@@H]1CCCC[C@H]1NC(=O)CCS(=O)(=O)c1cc2c(cc1Cl)NC(=O)CO2. The molecule has 2 N–H and O–H groups in total.